The largest absolute Gasteiger partial charge is 0.490 e. The molecule has 0 saturated carbocycles. The molecule has 142 valence electrons. The van der Waals surface area contributed by atoms with Gasteiger partial charge in [0.25, 0.3) is 5.91 Å². The van der Waals surface area contributed by atoms with Crippen LogP contribution in [-0.2, 0) is 0 Å². The lowest BCUT2D eigenvalue weighted by Crippen LogP contribution is -2.49. The second kappa shape index (κ2) is 7.65. The molecule has 0 spiro atoms. The SMILES string of the molecule is COc1ccc(C(=O)N2CCN(c3cccc(C)c3C)CC2)cc1[N+](=O)[O-]. The van der Waals surface area contributed by atoms with Crippen molar-refractivity contribution < 1.29 is 14.5 Å². The average molecular weight is 369 g/mol. The fourth-order valence-electron chi connectivity index (χ4n) is 3.38. The molecule has 2 aromatic rings. The van der Waals surface area contributed by atoms with Gasteiger partial charge in [-0.3, -0.25) is 14.9 Å². The van der Waals surface area contributed by atoms with E-state index in [0.29, 0.717) is 18.7 Å². The zero-order chi connectivity index (χ0) is 19.6. The van der Waals surface area contributed by atoms with Gasteiger partial charge in [0.1, 0.15) is 0 Å². The summed E-state index contributed by atoms with van der Waals surface area (Å²) in [6.45, 7) is 6.81. The number of rotatable bonds is 4. The molecule has 27 heavy (non-hydrogen) atoms. The maximum atomic E-state index is 12.8. The normalized spacial score (nSPS) is 14.2. The highest BCUT2D eigenvalue weighted by Gasteiger charge is 2.25. The molecule has 0 aliphatic carbocycles. The Morgan fingerprint density at radius 1 is 1.11 bits per heavy atom. The van der Waals surface area contributed by atoms with Gasteiger partial charge in [0, 0.05) is 43.5 Å². The third-order valence-electron chi connectivity index (χ3n) is 5.11. The van der Waals surface area contributed by atoms with Crippen LogP contribution in [0.5, 0.6) is 5.75 Å². The van der Waals surface area contributed by atoms with E-state index in [-0.39, 0.29) is 17.3 Å². The first-order chi connectivity index (χ1) is 12.9. The standard InChI is InChI=1S/C20H23N3O4/c1-14-5-4-6-17(15(14)2)21-9-11-22(12-10-21)20(24)16-7-8-19(27-3)18(13-16)23(25)26/h4-8,13H,9-12H2,1-3H3. The van der Waals surface area contributed by atoms with E-state index in [4.69, 9.17) is 4.74 Å². The van der Waals surface area contributed by atoms with E-state index in [2.05, 4.69) is 30.9 Å². The molecule has 1 heterocycles. The summed E-state index contributed by atoms with van der Waals surface area (Å²) >= 11 is 0. The predicted octanol–water partition coefficient (Wildman–Crippen LogP) is 3.18. The number of piperazine rings is 1. The molecule has 1 amide bonds. The van der Waals surface area contributed by atoms with Crippen LogP contribution in [-0.4, -0.2) is 49.0 Å². The predicted molar refractivity (Wildman–Crippen MR) is 104 cm³/mol. The van der Waals surface area contributed by atoms with Crippen molar-refractivity contribution in [2.24, 2.45) is 0 Å². The Morgan fingerprint density at radius 3 is 2.44 bits per heavy atom. The Hall–Kier alpha value is -3.09. The minimum absolute atomic E-state index is 0.149. The van der Waals surface area contributed by atoms with Crippen LogP contribution in [0.2, 0.25) is 0 Å². The van der Waals surface area contributed by atoms with Crippen LogP contribution in [0.1, 0.15) is 21.5 Å². The van der Waals surface area contributed by atoms with E-state index < -0.39 is 4.92 Å². The number of carbonyl (C=O) groups excluding carboxylic acids is 1. The van der Waals surface area contributed by atoms with Gasteiger partial charge in [-0.05, 0) is 43.2 Å². The number of amides is 1. The van der Waals surface area contributed by atoms with Gasteiger partial charge in [-0.1, -0.05) is 12.1 Å². The van der Waals surface area contributed by atoms with Crippen LogP contribution in [0, 0.1) is 24.0 Å². The van der Waals surface area contributed by atoms with Gasteiger partial charge in [0.15, 0.2) is 5.75 Å². The van der Waals surface area contributed by atoms with Crippen LogP contribution < -0.4 is 9.64 Å². The first-order valence-corrected chi connectivity index (χ1v) is 8.85. The highest BCUT2D eigenvalue weighted by atomic mass is 16.6. The zero-order valence-electron chi connectivity index (χ0n) is 15.8. The maximum Gasteiger partial charge on any atom is 0.311 e. The monoisotopic (exact) mass is 369 g/mol. The summed E-state index contributed by atoms with van der Waals surface area (Å²) in [5.74, 6) is -0.0438. The molecule has 3 rings (SSSR count). The maximum absolute atomic E-state index is 12.8. The van der Waals surface area contributed by atoms with Gasteiger partial charge in [-0.15, -0.1) is 0 Å². The topological polar surface area (TPSA) is 75.9 Å². The van der Waals surface area contributed by atoms with Crippen molar-refractivity contribution in [3.8, 4) is 5.75 Å². The Bertz CT molecular complexity index is 874. The van der Waals surface area contributed by atoms with E-state index in [9.17, 15) is 14.9 Å². The molecule has 0 unspecified atom stereocenters. The van der Waals surface area contributed by atoms with Crippen molar-refractivity contribution in [2.75, 3.05) is 38.2 Å². The average Bonchev–Trinajstić information content (AvgIpc) is 2.69. The molecule has 0 atom stereocenters. The highest BCUT2D eigenvalue weighted by molar-refractivity contribution is 5.95. The lowest BCUT2D eigenvalue weighted by molar-refractivity contribution is -0.385. The second-order valence-corrected chi connectivity index (χ2v) is 6.64. The van der Waals surface area contributed by atoms with Gasteiger partial charge in [-0.25, -0.2) is 0 Å². The fraction of sp³-hybridized carbons (Fsp3) is 0.350. The molecule has 1 saturated heterocycles. The number of hydrogen-bond donors (Lipinski definition) is 0. The number of aryl methyl sites for hydroxylation is 1. The number of hydrogen-bond acceptors (Lipinski definition) is 5. The Labute approximate surface area is 158 Å². The highest BCUT2D eigenvalue weighted by Crippen LogP contribution is 2.29. The van der Waals surface area contributed by atoms with E-state index in [1.165, 1.54) is 36.1 Å². The Balaban J connectivity index is 1.73. The number of carbonyl (C=O) groups is 1. The van der Waals surface area contributed by atoms with Crippen molar-refractivity contribution in [1.29, 1.82) is 0 Å². The van der Waals surface area contributed by atoms with Crippen molar-refractivity contribution in [3.63, 3.8) is 0 Å². The van der Waals surface area contributed by atoms with E-state index in [1.807, 2.05) is 6.07 Å². The number of nitrogens with zero attached hydrogens (tertiary/aromatic N) is 3. The second-order valence-electron chi connectivity index (χ2n) is 6.64. The lowest BCUT2D eigenvalue weighted by atomic mass is 10.1. The third kappa shape index (κ3) is 3.72. The molecule has 0 radical (unpaired) electrons. The molecule has 2 aromatic carbocycles. The first-order valence-electron chi connectivity index (χ1n) is 8.85. The van der Waals surface area contributed by atoms with Gasteiger partial charge in [-0.2, -0.15) is 0 Å². The van der Waals surface area contributed by atoms with E-state index in [0.717, 1.165) is 13.1 Å². The number of anilines is 1. The molecular weight excluding hydrogens is 346 g/mol. The Morgan fingerprint density at radius 2 is 1.81 bits per heavy atom. The molecule has 7 nitrogen and oxygen atoms in total. The zero-order valence-corrected chi connectivity index (χ0v) is 15.8. The minimum atomic E-state index is -0.534. The molecule has 0 bridgehead atoms. The molecule has 7 heteroatoms. The number of nitro benzene ring substituents is 1. The molecular formula is C20H23N3O4. The van der Waals surface area contributed by atoms with Gasteiger partial charge >= 0.3 is 5.69 Å². The number of nitro groups is 1. The number of methoxy groups -OCH3 is 1. The molecule has 0 aromatic heterocycles. The summed E-state index contributed by atoms with van der Waals surface area (Å²) in [4.78, 5) is 27.5. The third-order valence-corrected chi connectivity index (χ3v) is 5.11. The van der Waals surface area contributed by atoms with Gasteiger partial charge in [0.2, 0.25) is 0 Å². The minimum Gasteiger partial charge on any atom is -0.490 e. The number of ether oxygens (including phenoxy) is 1. The summed E-state index contributed by atoms with van der Waals surface area (Å²) in [5, 5.41) is 11.2. The van der Waals surface area contributed by atoms with Crippen molar-refractivity contribution in [2.45, 2.75) is 13.8 Å². The van der Waals surface area contributed by atoms with Gasteiger partial charge < -0.3 is 14.5 Å². The Kier molecular flexibility index (Phi) is 5.30. The van der Waals surface area contributed by atoms with E-state index in [1.54, 1.807) is 11.0 Å². The summed E-state index contributed by atoms with van der Waals surface area (Å²) in [7, 11) is 1.37. The fourth-order valence-corrected chi connectivity index (χ4v) is 3.38. The lowest BCUT2D eigenvalue weighted by Gasteiger charge is -2.37. The molecule has 0 N–H and O–H groups in total. The van der Waals surface area contributed by atoms with Gasteiger partial charge in [0.05, 0.1) is 12.0 Å². The molecule has 1 aliphatic heterocycles. The van der Waals surface area contributed by atoms with Crippen LogP contribution in [0.15, 0.2) is 36.4 Å². The summed E-state index contributed by atoms with van der Waals surface area (Å²) < 4.78 is 5.00. The van der Waals surface area contributed by atoms with Crippen LogP contribution >= 0.6 is 0 Å². The number of benzene rings is 2. The summed E-state index contributed by atoms with van der Waals surface area (Å²) in [5.41, 5.74) is 3.81. The van der Waals surface area contributed by atoms with Crippen LogP contribution in [0.25, 0.3) is 0 Å². The van der Waals surface area contributed by atoms with E-state index >= 15 is 0 Å². The van der Waals surface area contributed by atoms with Crippen LogP contribution in [0.3, 0.4) is 0 Å². The quantitative estimate of drug-likeness (QED) is 0.611. The molecule has 1 aliphatic rings. The van der Waals surface area contributed by atoms with Crippen LogP contribution in [0.4, 0.5) is 11.4 Å². The summed E-state index contributed by atoms with van der Waals surface area (Å²) in [6, 6.07) is 10.6. The first kappa shape index (κ1) is 18.7. The molecule has 1 fully saturated rings. The summed E-state index contributed by atoms with van der Waals surface area (Å²) in [6.07, 6.45) is 0. The van der Waals surface area contributed by atoms with Crippen molar-refractivity contribution in [1.82, 2.24) is 4.90 Å². The smallest absolute Gasteiger partial charge is 0.311 e. The van der Waals surface area contributed by atoms with Crippen molar-refractivity contribution >= 4 is 17.3 Å². The van der Waals surface area contributed by atoms with Crippen molar-refractivity contribution in [3.05, 3.63) is 63.2 Å².